The number of carboxylic acids is 1. The van der Waals surface area contributed by atoms with Crippen molar-refractivity contribution in [3.05, 3.63) is 23.4 Å². The van der Waals surface area contributed by atoms with Crippen LogP contribution in [0.15, 0.2) is 12.1 Å². The van der Waals surface area contributed by atoms with Crippen LogP contribution in [0.5, 0.6) is 5.88 Å². The Balaban J connectivity index is 2.14. The molecule has 7 heteroatoms. The topological polar surface area (TPSA) is 106 Å². The SMILES string of the molecule is COc1nc(C(N)=O)ccc1CN1CC1C(=O)O. The van der Waals surface area contributed by atoms with Crippen LogP contribution in [-0.2, 0) is 11.3 Å². The smallest absolute Gasteiger partial charge is 0.322 e. The van der Waals surface area contributed by atoms with Gasteiger partial charge >= 0.3 is 5.97 Å². The average molecular weight is 251 g/mol. The van der Waals surface area contributed by atoms with Gasteiger partial charge in [-0.25, -0.2) is 4.98 Å². The van der Waals surface area contributed by atoms with Gasteiger partial charge in [0.15, 0.2) is 0 Å². The highest BCUT2D eigenvalue weighted by atomic mass is 16.5. The first-order valence-electron chi connectivity index (χ1n) is 5.33. The number of rotatable bonds is 5. The molecule has 0 saturated carbocycles. The molecule has 0 aromatic carbocycles. The number of primary amides is 1. The number of aliphatic carboxylic acids is 1. The van der Waals surface area contributed by atoms with Crippen molar-refractivity contribution in [3.63, 3.8) is 0 Å². The largest absolute Gasteiger partial charge is 0.481 e. The molecule has 0 radical (unpaired) electrons. The molecule has 3 N–H and O–H groups in total. The van der Waals surface area contributed by atoms with Gasteiger partial charge in [0.1, 0.15) is 11.7 Å². The Hall–Kier alpha value is -2.15. The second-order valence-electron chi connectivity index (χ2n) is 4.01. The number of ether oxygens (including phenoxy) is 1. The van der Waals surface area contributed by atoms with Gasteiger partial charge in [0, 0.05) is 18.7 Å². The summed E-state index contributed by atoms with van der Waals surface area (Å²) in [6.45, 7) is 0.933. The summed E-state index contributed by atoms with van der Waals surface area (Å²) >= 11 is 0. The molecule has 1 aliphatic heterocycles. The predicted molar refractivity (Wildman–Crippen MR) is 61.1 cm³/mol. The van der Waals surface area contributed by atoms with Gasteiger partial charge < -0.3 is 15.6 Å². The molecule has 1 fully saturated rings. The molecule has 1 aromatic rings. The summed E-state index contributed by atoms with van der Waals surface area (Å²) in [6, 6.07) is 2.73. The van der Waals surface area contributed by atoms with Crippen LogP contribution in [0.2, 0.25) is 0 Å². The van der Waals surface area contributed by atoms with Crippen LogP contribution in [0, 0.1) is 0 Å². The van der Waals surface area contributed by atoms with Crippen LogP contribution >= 0.6 is 0 Å². The minimum atomic E-state index is -0.837. The first kappa shape index (κ1) is 12.3. The Bertz CT molecular complexity index is 503. The van der Waals surface area contributed by atoms with Crippen LogP contribution in [0.4, 0.5) is 0 Å². The number of nitrogens with two attached hydrogens (primary N) is 1. The third-order valence-corrected chi connectivity index (χ3v) is 2.76. The number of aromatic nitrogens is 1. The average Bonchev–Trinajstić information content (AvgIpc) is 3.08. The molecular formula is C11H13N3O4. The summed E-state index contributed by atoms with van der Waals surface area (Å²) in [4.78, 5) is 27.4. The molecule has 0 bridgehead atoms. The lowest BCUT2D eigenvalue weighted by atomic mass is 10.2. The van der Waals surface area contributed by atoms with Gasteiger partial charge in [-0.3, -0.25) is 14.5 Å². The fourth-order valence-electron chi connectivity index (χ4n) is 1.71. The lowest BCUT2D eigenvalue weighted by molar-refractivity contribution is -0.137. The number of amides is 1. The lowest BCUT2D eigenvalue weighted by Gasteiger charge is -2.09. The number of pyridine rings is 1. The minimum Gasteiger partial charge on any atom is -0.481 e. The molecule has 1 aromatic heterocycles. The van der Waals surface area contributed by atoms with E-state index < -0.39 is 17.9 Å². The summed E-state index contributed by atoms with van der Waals surface area (Å²) in [5.74, 6) is -1.17. The lowest BCUT2D eigenvalue weighted by Crippen LogP contribution is -2.15. The van der Waals surface area contributed by atoms with Crippen LogP contribution in [0.3, 0.4) is 0 Å². The molecule has 2 unspecified atom stereocenters. The summed E-state index contributed by atoms with van der Waals surface area (Å²) in [5.41, 5.74) is 5.97. The van der Waals surface area contributed by atoms with Crippen molar-refractivity contribution < 1.29 is 19.4 Å². The number of nitrogens with zero attached hydrogens (tertiary/aromatic N) is 2. The van der Waals surface area contributed by atoms with Gasteiger partial charge in [0.25, 0.3) is 5.91 Å². The molecule has 1 aliphatic rings. The molecule has 2 heterocycles. The predicted octanol–water partition coefficient (Wildman–Crippen LogP) is -0.542. The second kappa shape index (κ2) is 4.61. The van der Waals surface area contributed by atoms with E-state index in [9.17, 15) is 9.59 Å². The van der Waals surface area contributed by atoms with Crippen LogP contribution < -0.4 is 10.5 Å². The zero-order valence-corrected chi connectivity index (χ0v) is 9.79. The van der Waals surface area contributed by atoms with Crippen molar-refractivity contribution in [2.75, 3.05) is 13.7 Å². The number of carbonyl (C=O) groups is 2. The molecule has 0 aliphatic carbocycles. The standard InChI is InChI=1S/C11H13N3O4/c1-18-10-6(2-3-7(13-10)9(12)15)4-14-5-8(14)11(16)17/h2-3,8H,4-5H2,1H3,(H2,12,15)(H,16,17). The Labute approximate surface area is 103 Å². The van der Waals surface area contributed by atoms with Gasteiger partial charge in [-0.15, -0.1) is 0 Å². The number of carboxylic acid groups (broad SMARTS) is 1. The van der Waals surface area contributed by atoms with E-state index in [-0.39, 0.29) is 5.69 Å². The fourth-order valence-corrected chi connectivity index (χ4v) is 1.71. The molecule has 1 amide bonds. The van der Waals surface area contributed by atoms with Crippen molar-refractivity contribution in [2.24, 2.45) is 5.73 Å². The first-order valence-corrected chi connectivity index (χ1v) is 5.33. The highest BCUT2D eigenvalue weighted by molar-refractivity contribution is 5.90. The van der Waals surface area contributed by atoms with E-state index in [0.717, 1.165) is 5.56 Å². The first-order chi connectivity index (χ1) is 8.52. The Morgan fingerprint density at radius 1 is 1.61 bits per heavy atom. The van der Waals surface area contributed by atoms with E-state index in [2.05, 4.69) is 4.98 Å². The van der Waals surface area contributed by atoms with Crippen molar-refractivity contribution >= 4 is 11.9 Å². The van der Waals surface area contributed by atoms with Gasteiger partial charge in [-0.05, 0) is 12.1 Å². The number of hydrogen-bond donors (Lipinski definition) is 2. The monoisotopic (exact) mass is 251 g/mol. The van der Waals surface area contributed by atoms with E-state index in [4.69, 9.17) is 15.6 Å². The second-order valence-corrected chi connectivity index (χ2v) is 4.01. The third-order valence-electron chi connectivity index (χ3n) is 2.76. The zero-order valence-electron chi connectivity index (χ0n) is 9.79. The zero-order chi connectivity index (χ0) is 13.3. The molecular weight excluding hydrogens is 238 g/mol. The van der Waals surface area contributed by atoms with Gasteiger partial charge in [-0.2, -0.15) is 0 Å². The molecule has 18 heavy (non-hydrogen) atoms. The van der Waals surface area contributed by atoms with Crippen molar-refractivity contribution in [2.45, 2.75) is 12.6 Å². The quantitative estimate of drug-likeness (QED) is 0.681. The maximum Gasteiger partial charge on any atom is 0.322 e. The molecule has 96 valence electrons. The van der Waals surface area contributed by atoms with Gasteiger partial charge in [0.05, 0.1) is 7.11 Å². The third kappa shape index (κ3) is 2.40. The molecule has 1 saturated heterocycles. The molecule has 2 atom stereocenters. The van der Waals surface area contributed by atoms with Crippen LogP contribution in [0.1, 0.15) is 16.1 Å². The maximum atomic E-state index is 11.0. The van der Waals surface area contributed by atoms with E-state index in [1.54, 1.807) is 11.0 Å². The summed E-state index contributed by atoms with van der Waals surface area (Å²) < 4.78 is 5.07. The van der Waals surface area contributed by atoms with E-state index in [1.165, 1.54) is 13.2 Å². The Kier molecular flexibility index (Phi) is 3.15. The summed E-state index contributed by atoms with van der Waals surface area (Å²) in [7, 11) is 1.44. The fraction of sp³-hybridized carbons (Fsp3) is 0.364. The Morgan fingerprint density at radius 2 is 2.33 bits per heavy atom. The normalized spacial score (nSPS) is 21.4. The maximum absolute atomic E-state index is 11.0. The molecule has 2 rings (SSSR count). The summed E-state index contributed by atoms with van der Waals surface area (Å²) in [6.07, 6.45) is 0. The number of hydrogen-bond acceptors (Lipinski definition) is 5. The van der Waals surface area contributed by atoms with Crippen LogP contribution in [-0.4, -0.2) is 46.6 Å². The highest BCUT2D eigenvalue weighted by Crippen LogP contribution is 2.25. The van der Waals surface area contributed by atoms with Gasteiger partial charge in [0.2, 0.25) is 5.88 Å². The van der Waals surface area contributed by atoms with Crippen molar-refractivity contribution in [1.82, 2.24) is 9.88 Å². The molecule has 0 spiro atoms. The number of methoxy groups -OCH3 is 1. The van der Waals surface area contributed by atoms with Crippen molar-refractivity contribution in [3.8, 4) is 5.88 Å². The number of carbonyl (C=O) groups excluding carboxylic acids is 1. The van der Waals surface area contributed by atoms with E-state index in [0.29, 0.717) is 19.0 Å². The van der Waals surface area contributed by atoms with E-state index in [1.807, 2.05) is 0 Å². The van der Waals surface area contributed by atoms with E-state index >= 15 is 0 Å². The Morgan fingerprint density at radius 3 is 2.83 bits per heavy atom. The summed E-state index contributed by atoms with van der Waals surface area (Å²) in [5, 5.41) is 8.80. The van der Waals surface area contributed by atoms with Crippen LogP contribution in [0.25, 0.3) is 0 Å². The highest BCUT2D eigenvalue weighted by Gasteiger charge is 2.40. The molecule has 7 nitrogen and oxygen atoms in total. The van der Waals surface area contributed by atoms with Crippen molar-refractivity contribution in [1.29, 1.82) is 0 Å². The minimum absolute atomic E-state index is 0.121. The van der Waals surface area contributed by atoms with Gasteiger partial charge in [-0.1, -0.05) is 0 Å².